The van der Waals surface area contributed by atoms with Crippen LogP contribution in [0.25, 0.3) is 5.82 Å². The smallest absolute Gasteiger partial charge is 0.254 e. The van der Waals surface area contributed by atoms with Crippen LogP contribution in [0.4, 0.5) is 0 Å². The lowest BCUT2D eigenvalue weighted by Crippen LogP contribution is -2.31. The number of imidazole rings is 1. The molecule has 7 nitrogen and oxygen atoms in total. The molecule has 1 fully saturated rings. The fourth-order valence-electron chi connectivity index (χ4n) is 3.90. The van der Waals surface area contributed by atoms with Crippen LogP contribution in [0.15, 0.2) is 54.9 Å². The first-order chi connectivity index (χ1) is 15.0. The molecule has 31 heavy (non-hydrogen) atoms. The number of nitrogens with zero attached hydrogens (tertiary/aromatic N) is 5. The van der Waals surface area contributed by atoms with Crippen LogP contribution in [0.2, 0.25) is 0 Å². The molecule has 0 N–H and O–H groups in total. The zero-order valence-corrected chi connectivity index (χ0v) is 18.4. The second-order valence-electron chi connectivity index (χ2n) is 8.10. The van der Waals surface area contributed by atoms with E-state index < -0.39 is 0 Å². The molecule has 4 rings (SSSR count). The van der Waals surface area contributed by atoms with Crippen LogP contribution in [-0.4, -0.2) is 64.0 Å². The largest absolute Gasteiger partial charge is 0.492 e. The molecule has 7 heteroatoms. The van der Waals surface area contributed by atoms with Crippen molar-refractivity contribution in [1.29, 1.82) is 0 Å². The van der Waals surface area contributed by atoms with Crippen molar-refractivity contribution in [2.24, 2.45) is 0 Å². The van der Waals surface area contributed by atoms with Gasteiger partial charge in [-0.2, -0.15) is 0 Å². The average molecular weight is 420 g/mol. The number of hydrogen-bond acceptors (Lipinski definition) is 5. The van der Waals surface area contributed by atoms with Gasteiger partial charge in [-0.15, -0.1) is 0 Å². The quantitative estimate of drug-likeness (QED) is 0.587. The van der Waals surface area contributed by atoms with Gasteiger partial charge >= 0.3 is 0 Å². The molecule has 0 radical (unpaired) electrons. The molecule has 1 saturated heterocycles. The molecule has 3 aromatic rings. The Labute approximate surface area is 183 Å². The highest BCUT2D eigenvalue weighted by atomic mass is 16.5. The van der Waals surface area contributed by atoms with E-state index >= 15 is 0 Å². The Morgan fingerprint density at radius 2 is 2.00 bits per heavy atom. The second-order valence-corrected chi connectivity index (χ2v) is 8.10. The van der Waals surface area contributed by atoms with Gasteiger partial charge in [-0.1, -0.05) is 6.07 Å². The summed E-state index contributed by atoms with van der Waals surface area (Å²) in [6.07, 6.45) is 5.55. The summed E-state index contributed by atoms with van der Waals surface area (Å²) >= 11 is 0. The van der Waals surface area contributed by atoms with E-state index in [9.17, 15) is 4.79 Å². The lowest BCUT2D eigenvalue weighted by Gasteiger charge is -2.25. The molecule has 0 bridgehead atoms. The van der Waals surface area contributed by atoms with Gasteiger partial charge in [0.25, 0.3) is 5.91 Å². The van der Waals surface area contributed by atoms with Crippen molar-refractivity contribution in [3.05, 3.63) is 71.9 Å². The molecule has 1 aliphatic heterocycles. The summed E-state index contributed by atoms with van der Waals surface area (Å²) < 4.78 is 7.70. The minimum absolute atomic E-state index is 0.0210. The van der Waals surface area contributed by atoms with Gasteiger partial charge in [-0.3, -0.25) is 9.36 Å². The Kier molecular flexibility index (Phi) is 6.32. The zero-order chi connectivity index (χ0) is 21.8. The lowest BCUT2D eigenvalue weighted by atomic mass is 10.1. The summed E-state index contributed by atoms with van der Waals surface area (Å²) in [6, 6.07) is 13.4. The molecule has 1 aromatic carbocycles. The minimum Gasteiger partial charge on any atom is -0.492 e. The third kappa shape index (κ3) is 4.77. The lowest BCUT2D eigenvalue weighted by molar-refractivity contribution is 0.0733. The highest BCUT2D eigenvalue weighted by Gasteiger charge is 2.31. The van der Waals surface area contributed by atoms with Gasteiger partial charge in [0, 0.05) is 31.0 Å². The summed E-state index contributed by atoms with van der Waals surface area (Å²) in [5, 5.41) is 0. The number of likely N-dealkylation sites (tertiary alicyclic amines) is 1. The molecule has 3 heterocycles. The van der Waals surface area contributed by atoms with Crippen molar-refractivity contribution in [2.45, 2.75) is 25.8 Å². The number of rotatable bonds is 7. The third-order valence-corrected chi connectivity index (χ3v) is 5.59. The predicted octanol–water partition coefficient (Wildman–Crippen LogP) is 3.49. The first-order valence-electron chi connectivity index (χ1n) is 10.7. The van der Waals surface area contributed by atoms with Crippen LogP contribution < -0.4 is 4.74 Å². The molecule has 1 atom stereocenters. The number of carbonyl (C=O) groups is 1. The molecule has 2 aromatic heterocycles. The second kappa shape index (κ2) is 9.31. The van der Waals surface area contributed by atoms with Crippen LogP contribution in [0.5, 0.6) is 5.75 Å². The number of likely N-dealkylation sites (N-methyl/N-ethyl adjacent to an activating group) is 1. The highest BCUT2D eigenvalue weighted by molar-refractivity contribution is 5.94. The summed E-state index contributed by atoms with van der Waals surface area (Å²) in [6.45, 7) is 4.15. The van der Waals surface area contributed by atoms with E-state index in [1.54, 1.807) is 6.20 Å². The van der Waals surface area contributed by atoms with Gasteiger partial charge in [0.05, 0.1) is 11.7 Å². The molecule has 0 spiro atoms. The Bertz CT molecular complexity index is 1030. The number of hydrogen-bond donors (Lipinski definition) is 0. The predicted molar refractivity (Wildman–Crippen MR) is 120 cm³/mol. The van der Waals surface area contributed by atoms with E-state index in [0.29, 0.717) is 12.2 Å². The Morgan fingerprint density at radius 1 is 1.19 bits per heavy atom. The molecule has 0 unspecified atom stereocenters. The van der Waals surface area contributed by atoms with Crippen molar-refractivity contribution in [2.75, 3.05) is 33.8 Å². The van der Waals surface area contributed by atoms with E-state index in [-0.39, 0.29) is 11.9 Å². The van der Waals surface area contributed by atoms with Crippen molar-refractivity contribution < 1.29 is 9.53 Å². The number of amides is 1. The Hall–Kier alpha value is -3.19. The summed E-state index contributed by atoms with van der Waals surface area (Å²) in [4.78, 5) is 26.4. The molecule has 1 amide bonds. The van der Waals surface area contributed by atoms with Gasteiger partial charge in [0.15, 0.2) is 0 Å². The fraction of sp³-hybridized carbons (Fsp3) is 0.375. The van der Waals surface area contributed by atoms with E-state index in [0.717, 1.165) is 49.0 Å². The number of benzene rings is 1. The van der Waals surface area contributed by atoms with Gasteiger partial charge in [0.2, 0.25) is 0 Å². The average Bonchev–Trinajstić information content (AvgIpc) is 3.43. The zero-order valence-electron chi connectivity index (χ0n) is 18.4. The number of aryl methyl sites for hydroxylation is 1. The number of ether oxygens (including phenoxy) is 1. The van der Waals surface area contributed by atoms with Crippen LogP contribution in [0.1, 0.15) is 40.8 Å². The van der Waals surface area contributed by atoms with Crippen LogP contribution >= 0.6 is 0 Å². The van der Waals surface area contributed by atoms with Crippen LogP contribution in [-0.2, 0) is 0 Å². The maximum Gasteiger partial charge on any atom is 0.254 e. The van der Waals surface area contributed by atoms with E-state index in [4.69, 9.17) is 9.72 Å². The van der Waals surface area contributed by atoms with E-state index in [1.165, 1.54) is 0 Å². The van der Waals surface area contributed by atoms with Crippen LogP contribution in [0, 0.1) is 6.92 Å². The number of carbonyl (C=O) groups excluding carboxylic acids is 1. The molecule has 0 aliphatic carbocycles. The Morgan fingerprint density at radius 3 is 2.71 bits per heavy atom. The van der Waals surface area contributed by atoms with Gasteiger partial charge < -0.3 is 14.5 Å². The fourth-order valence-corrected chi connectivity index (χ4v) is 3.90. The normalized spacial score (nSPS) is 16.1. The molecule has 162 valence electrons. The van der Waals surface area contributed by atoms with Gasteiger partial charge in [-0.25, -0.2) is 9.97 Å². The molecular weight excluding hydrogens is 390 g/mol. The summed E-state index contributed by atoms with van der Waals surface area (Å²) in [7, 11) is 4.03. The topological polar surface area (TPSA) is 63.5 Å². The number of pyridine rings is 1. The van der Waals surface area contributed by atoms with Gasteiger partial charge in [0.1, 0.15) is 24.0 Å². The van der Waals surface area contributed by atoms with E-state index in [1.807, 2.05) is 79.1 Å². The third-order valence-electron chi connectivity index (χ3n) is 5.59. The van der Waals surface area contributed by atoms with Crippen molar-refractivity contribution >= 4 is 5.91 Å². The number of aromatic nitrogens is 3. The molecular formula is C24H29N5O2. The first-order valence-corrected chi connectivity index (χ1v) is 10.7. The SMILES string of the molecule is Cc1nccn1-c1cccc([C@H]2CCCN2C(=O)c2ccc(OCCN(C)C)cc2)n1. The highest BCUT2D eigenvalue weighted by Crippen LogP contribution is 2.32. The van der Waals surface area contributed by atoms with Crippen molar-refractivity contribution in [3.8, 4) is 11.6 Å². The molecule has 0 saturated carbocycles. The van der Waals surface area contributed by atoms with E-state index in [2.05, 4.69) is 9.88 Å². The maximum absolute atomic E-state index is 13.2. The van der Waals surface area contributed by atoms with Crippen molar-refractivity contribution in [1.82, 2.24) is 24.3 Å². The van der Waals surface area contributed by atoms with Gasteiger partial charge in [-0.05, 0) is 70.3 Å². The van der Waals surface area contributed by atoms with Crippen molar-refractivity contribution in [3.63, 3.8) is 0 Å². The monoisotopic (exact) mass is 419 g/mol. The maximum atomic E-state index is 13.2. The minimum atomic E-state index is -0.0210. The van der Waals surface area contributed by atoms with Crippen LogP contribution in [0.3, 0.4) is 0 Å². The first kappa shape index (κ1) is 21.1. The summed E-state index contributed by atoms with van der Waals surface area (Å²) in [5.74, 6) is 2.53. The Balaban J connectivity index is 1.48. The standard InChI is InChI=1S/C24H29N5O2/c1-18-25-13-15-28(18)23-8-4-6-21(26-23)22-7-5-14-29(22)24(30)19-9-11-20(12-10-19)31-17-16-27(2)3/h4,6,8-13,15,22H,5,7,14,16-17H2,1-3H3/t22-/m1/s1. The summed E-state index contributed by atoms with van der Waals surface area (Å²) in [5.41, 5.74) is 1.59. The molecule has 1 aliphatic rings.